The van der Waals surface area contributed by atoms with Crippen molar-refractivity contribution in [3.8, 4) is 17.2 Å². The molecule has 0 radical (unpaired) electrons. The molecule has 0 spiro atoms. The summed E-state index contributed by atoms with van der Waals surface area (Å²) in [5.41, 5.74) is 5.40. The fourth-order valence-electron chi connectivity index (χ4n) is 6.33. The Labute approximate surface area is 279 Å². The number of halogens is 4. The van der Waals surface area contributed by atoms with Crippen molar-refractivity contribution >= 4 is 5.97 Å². The largest absolute Gasteiger partial charge is 0.493 e. The van der Waals surface area contributed by atoms with Crippen molar-refractivity contribution in [1.29, 1.82) is 0 Å². The Morgan fingerprint density at radius 1 is 0.915 bits per heavy atom. The number of ether oxygens (including phenoxy) is 3. The third-order valence-corrected chi connectivity index (χ3v) is 9.53. The van der Waals surface area contributed by atoms with Crippen molar-refractivity contribution in [2.75, 3.05) is 6.61 Å². The van der Waals surface area contributed by atoms with Crippen molar-refractivity contribution in [2.24, 2.45) is 11.8 Å². The van der Waals surface area contributed by atoms with Crippen LogP contribution in [0.15, 0.2) is 17.7 Å². The van der Waals surface area contributed by atoms with E-state index in [1.54, 1.807) is 0 Å². The minimum absolute atomic E-state index is 0.0610. The average Bonchev–Trinajstić information content (AvgIpc) is 3.00. The van der Waals surface area contributed by atoms with Crippen LogP contribution in [-0.2, 0) is 11.2 Å². The molecule has 8 heteroatoms. The summed E-state index contributed by atoms with van der Waals surface area (Å²) in [7, 11) is 0. The number of allylic oxidation sites excluding steroid dienone is 2. The number of carbonyl (C=O) groups is 1. The molecular weight excluding hydrogens is 608 g/mol. The van der Waals surface area contributed by atoms with Gasteiger partial charge in [-0.2, -0.15) is 8.78 Å². The van der Waals surface area contributed by atoms with Crippen molar-refractivity contribution in [2.45, 2.75) is 138 Å². The lowest BCUT2D eigenvalue weighted by Gasteiger charge is -2.38. The third kappa shape index (κ3) is 10.7. The number of fused-ring (bicyclic) bond motifs is 1. The molecule has 0 amide bonds. The molecule has 262 valence electrons. The normalized spacial score (nSPS) is 17.0. The van der Waals surface area contributed by atoms with Gasteiger partial charge in [-0.1, -0.05) is 45.3 Å². The molecule has 47 heavy (non-hydrogen) atoms. The highest BCUT2D eigenvalue weighted by Crippen LogP contribution is 2.45. The molecule has 0 saturated carbocycles. The minimum Gasteiger partial charge on any atom is -0.493 e. The number of carbonyl (C=O) groups excluding carboxylic acids is 1. The van der Waals surface area contributed by atoms with Crippen molar-refractivity contribution in [3.05, 3.63) is 63.2 Å². The summed E-state index contributed by atoms with van der Waals surface area (Å²) in [4.78, 5) is 12.1. The Bertz CT molecular complexity index is 1390. The van der Waals surface area contributed by atoms with Crippen LogP contribution >= 0.6 is 0 Å². The summed E-state index contributed by atoms with van der Waals surface area (Å²) in [5, 5.41) is 0. The van der Waals surface area contributed by atoms with Gasteiger partial charge in [0.1, 0.15) is 17.1 Å². The van der Waals surface area contributed by atoms with Crippen molar-refractivity contribution in [1.82, 2.24) is 0 Å². The molecule has 4 nitrogen and oxygen atoms in total. The monoisotopic (exact) mass is 662 g/mol. The lowest BCUT2D eigenvalue weighted by Crippen LogP contribution is -2.37. The molecule has 1 aliphatic heterocycles. The van der Waals surface area contributed by atoms with Crippen molar-refractivity contribution < 1.29 is 36.6 Å². The van der Waals surface area contributed by atoms with Crippen LogP contribution in [0.5, 0.6) is 17.2 Å². The second-order valence-corrected chi connectivity index (χ2v) is 14.2. The summed E-state index contributed by atoms with van der Waals surface area (Å²) < 4.78 is 71.9. The van der Waals surface area contributed by atoms with E-state index >= 15 is 0 Å². The van der Waals surface area contributed by atoms with Gasteiger partial charge in [-0.05, 0) is 121 Å². The quantitative estimate of drug-likeness (QED) is 0.0422. The lowest BCUT2D eigenvalue weighted by atomic mass is 9.84. The summed E-state index contributed by atoms with van der Waals surface area (Å²) in [6, 6.07) is 0.0610. The van der Waals surface area contributed by atoms with E-state index in [0.717, 1.165) is 65.4 Å². The Morgan fingerprint density at radius 2 is 1.57 bits per heavy atom. The molecule has 1 aliphatic rings. The lowest BCUT2D eigenvalue weighted by molar-refractivity contribution is -0.135. The van der Waals surface area contributed by atoms with E-state index < -0.39 is 35.0 Å². The average molecular weight is 663 g/mol. The van der Waals surface area contributed by atoms with Gasteiger partial charge in [-0.25, -0.2) is 8.78 Å². The third-order valence-electron chi connectivity index (χ3n) is 9.53. The highest BCUT2D eigenvalue weighted by molar-refractivity contribution is 5.72. The molecular formula is C39H54F4O4. The maximum Gasteiger partial charge on any atom is 0.311 e. The SMILES string of the molecule is C/C(=C\CCC(C)C)CCCC(C)CCCC1(C)CCc2c(C)c(OCCCC(=O)Oc3c(F)c(F)cc(F)c3F)c(C)c(C)c2O1. The van der Waals surface area contributed by atoms with Gasteiger partial charge < -0.3 is 14.2 Å². The molecule has 2 aromatic carbocycles. The summed E-state index contributed by atoms with van der Waals surface area (Å²) in [6.07, 6.45) is 13.6. The van der Waals surface area contributed by atoms with Crippen LogP contribution in [0.1, 0.15) is 128 Å². The molecule has 2 aromatic rings. The van der Waals surface area contributed by atoms with Gasteiger partial charge in [0.2, 0.25) is 17.4 Å². The van der Waals surface area contributed by atoms with E-state index in [0.29, 0.717) is 5.92 Å². The smallest absolute Gasteiger partial charge is 0.311 e. The maximum absolute atomic E-state index is 13.8. The van der Waals surface area contributed by atoms with Crippen LogP contribution in [0.4, 0.5) is 17.6 Å². The fraction of sp³-hybridized carbons (Fsp3) is 0.615. The number of benzene rings is 2. The molecule has 0 aliphatic carbocycles. The first-order valence-corrected chi connectivity index (χ1v) is 17.3. The molecule has 0 N–H and O–H groups in total. The van der Waals surface area contributed by atoms with Crippen LogP contribution in [0.25, 0.3) is 0 Å². The number of rotatable bonds is 17. The first kappa shape index (κ1) is 38.4. The van der Waals surface area contributed by atoms with Gasteiger partial charge in [-0.15, -0.1) is 0 Å². The first-order chi connectivity index (χ1) is 22.1. The van der Waals surface area contributed by atoms with Gasteiger partial charge in [0.15, 0.2) is 11.6 Å². The van der Waals surface area contributed by atoms with Crippen LogP contribution in [0, 0.1) is 55.9 Å². The van der Waals surface area contributed by atoms with Gasteiger partial charge in [0.25, 0.3) is 0 Å². The fourth-order valence-corrected chi connectivity index (χ4v) is 6.33. The summed E-state index contributed by atoms with van der Waals surface area (Å²) >= 11 is 0. The predicted molar refractivity (Wildman–Crippen MR) is 179 cm³/mol. The zero-order chi connectivity index (χ0) is 34.9. The van der Waals surface area contributed by atoms with Crippen LogP contribution in [-0.4, -0.2) is 18.2 Å². The highest BCUT2D eigenvalue weighted by atomic mass is 19.2. The van der Waals surface area contributed by atoms with E-state index in [1.807, 2.05) is 20.8 Å². The topological polar surface area (TPSA) is 44.8 Å². The molecule has 1 heterocycles. The molecule has 0 aromatic heterocycles. The van der Waals surface area contributed by atoms with Crippen molar-refractivity contribution in [3.63, 3.8) is 0 Å². The van der Waals surface area contributed by atoms with E-state index in [1.165, 1.54) is 44.1 Å². The number of hydrogen-bond donors (Lipinski definition) is 0. The zero-order valence-corrected chi connectivity index (χ0v) is 29.6. The number of hydrogen-bond acceptors (Lipinski definition) is 4. The van der Waals surface area contributed by atoms with E-state index in [9.17, 15) is 22.4 Å². The zero-order valence-electron chi connectivity index (χ0n) is 29.6. The first-order valence-electron chi connectivity index (χ1n) is 17.3. The Kier molecular flexibility index (Phi) is 14.2. The van der Waals surface area contributed by atoms with Gasteiger partial charge >= 0.3 is 5.97 Å². The highest BCUT2D eigenvalue weighted by Gasteiger charge is 2.34. The Hall–Kier alpha value is -3.03. The summed E-state index contributed by atoms with van der Waals surface area (Å²) in [6.45, 7) is 17.6. The van der Waals surface area contributed by atoms with Gasteiger partial charge in [0, 0.05) is 18.1 Å². The molecule has 3 rings (SSSR count). The van der Waals surface area contributed by atoms with Crippen LogP contribution < -0.4 is 14.2 Å². The summed E-state index contributed by atoms with van der Waals surface area (Å²) in [5.74, 6) is -6.07. The standard InChI is InChI=1S/C39H54F4O4/c1-24(2)13-9-14-25(3)15-10-16-26(4)17-11-20-39(8)21-19-30-29(7)36(27(5)28(6)37(30)47-39)45-22-12-18-33(44)46-38-34(42)31(40)23-32(41)35(38)43/h14,23-24,26H,9-13,15-22H2,1-8H3/b25-14+. The molecule has 2 unspecified atom stereocenters. The van der Waals surface area contributed by atoms with Gasteiger partial charge in [0.05, 0.1) is 6.61 Å². The molecule has 0 saturated heterocycles. The molecule has 0 bridgehead atoms. The molecule has 2 atom stereocenters. The maximum atomic E-state index is 13.8. The predicted octanol–water partition coefficient (Wildman–Crippen LogP) is 11.4. The second kappa shape index (κ2) is 17.4. The Balaban J connectivity index is 1.49. The van der Waals surface area contributed by atoms with E-state index in [-0.39, 0.29) is 31.1 Å². The van der Waals surface area contributed by atoms with E-state index in [2.05, 4.69) is 45.4 Å². The van der Waals surface area contributed by atoms with Crippen LogP contribution in [0.3, 0.4) is 0 Å². The van der Waals surface area contributed by atoms with E-state index in [4.69, 9.17) is 9.47 Å². The Morgan fingerprint density at radius 3 is 2.23 bits per heavy atom. The minimum atomic E-state index is -1.75. The number of esters is 1. The van der Waals surface area contributed by atoms with Gasteiger partial charge in [-0.3, -0.25) is 4.79 Å². The van der Waals surface area contributed by atoms with Crippen LogP contribution in [0.2, 0.25) is 0 Å². The second-order valence-electron chi connectivity index (χ2n) is 14.2. The molecule has 0 fully saturated rings.